The highest BCUT2D eigenvalue weighted by molar-refractivity contribution is 5.95. The van der Waals surface area contributed by atoms with E-state index in [0.29, 0.717) is 13.1 Å². The van der Waals surface area contributed by atoms with Crippen LogP contribution in [0.3, 0.4) is 0 Å². The molecule has 1 fully saturated rings. The van der Waals surface area contributed by atoms with E-state index in [2.05, 4.69) is 5.32 Å². The standard InChI is InChI=1S/C22H29N3O5/c1-22(2,3)30-21(28)25-14-8-7-13-24(25)20(27)18-19(17(26)11-12-23-18)29-15-16-9-5-4-6-10-16/h4-6,9-12,17,23,26H,7-8,13-15H2,1-3H3. The maximum Gasteiger partial charge on any atom is 0.429 e. The van der Waals surface area contributed by atoms with Crippen molar-refractivity contribution in [1.82, 2.24) is 15.3 Å². The van der Waals surface area contributed by atoms with Gasteiger partial charge in [0.2, 0.25) is 0 Å². The number of rotatable bonds is 4. The second-order valence-electron chi connectivity index (χ2n) is 8.20. The summed E-state index contributed by atoms with van der Waals surface area (Å²) >= 11 is 0. The molecule has 30 heavy (non-hydrogen) atoms. The topological polar surface area (TPSA) is 91.3 Å². The van der Waals surface area contributed by atoms with E-state index in [-0.39, 0.29) is 18.1 Å². The Hall–Kier alpha value is -3.00. The SMILES string of the molecule is CC(C)(C)OC(=O)N1CCCCN1C(=O)C1=C(OCc2ccccc2)C(O)C=CN1. The normalized spacial score (nSPS) is 19.4. The molecular formula is C22H29N3O5. The molecule has 8 heteroatoms. The Morgan fingerprint density at radius 2 is 1.80 bits per heavy atom. The molecule has 1 unspecified atom stereocenters. The molecule has 3 rings (SSSR count). The Morgan fingerprint density at radius 3 is 2.47 bits per heavy atom. The molecule has 162 valence electrons. The van der Waals surface area contributed by atoms with E-state index < -0.39 is 23.7 Å². The fourth-order valence-electron chi connectivity index (χ4n) is 3.20. The predicted octanol–water partition coefficient (Wildman–Crippen LogP) is 2.67. The molecule has 2 aliphatic heterocycles. The average Bonchev–Trinajstić information content (AvgIpc) is 2.71. The number of carbonyl (C=O) groups is 2. The number of hydrazine groups is 1. The van der Waals surface area contributed by atoms with Crippen LogP contribution < -0.4 is 5.32 Å². The Morgan fingerprint density at radius 1 is 1.13 bits per heavy atom. The van der Waals surface area contributed by atoms with Gasteiger partial charge in [0.25, 0.3) is 5.91 Å². The van der Waals surface area contributed by atoms with Crippen LogP contribution in [0.25, 0.3) is 0 Å². The van der Waals surface area contributed by atoms with E-state index in [9.17, 15) is 14.7 Å². The number of hydrogen-bond acceptors (Lipinski definition) is 6. The third-order valence-corrected chi connectivity index (χ3v) is 4.59. The summed E-state index contributed by atoms with van der Waals surface area (Å²) in [5, 5.41) is 16.0. The molecule has 2 amide bonds. The van der Waals surface area contributed by atoms with Gasteiger partial charge in [-0.2, -0.15) is 0 Å². The van der Waals surface area contributed by atoms with Crippen molar-refractivity contribution in [3.8, 4) is 0 Å². The van der Waals surface area contributed by atoms with Gasteiger partial charge in [0.1, 0.15) is 24.0 Å². The zero-order valence-corrected chi connectivity index (χ0v) is 17.6. The molecule has 0 radical (unpaired) electrons. The molecule has 1 saturated heterocycles. The molecule has 8 nitrogen and oxygen atoms in total. The van der Waals surface area contributed by atoms with Crippen molar-refractivity contribution in [3.05, 3.63) is 59.6 Å². The van der Waals surface area contributed by atoms with Gasteiger partial charge in [0.15, 0.2) is 5.76 Å². The minimum Gasteiger partial charge on any atom is -0.488 e. The molecule has 0 spiro atoms. The Balaban J connectivity index is 1.81. The van der Waals surface area contributed by atoms with Gasteiger partial charge < -0.3 is 19.9 Å². The number of hydrogen-bond donors (Lipinski definition) is 2. The fourth-order valence-corrected chi connectivity index (χ4v) is 3.20. The first-order valence-corrected chi connectivity index (χ1v) is 10.1. The smallest absolute Gasteiger partial charge is 0.429 e. The molecule has 2 heterocycles. The lowest BCUT2D eigenvalue weighted by Crippen LogP contribution is -2.55. The Labute approximate surface area is 176 Å². The number of aliphatic hydroxyl groups is 1. The summed E-state index contributed by atoms with van der Waals surface area (Å²) in [5.41, 5.74) is 0.345. The number of carbonyl (C=O) groups excluding carboxylic acids is 2. The van der Waals surface area contributed by atoms with Gasteiger partial charge in [-0.15, -0.1) is 0 Å². The first-order chi connectivity index (χ1) is 14.3. The molecule has 2 aliphatic rings. The van der Waals surface area contributed by atoms with Crippen LogP contribution in [0.2, 0.25) is 0 Å². The highest BCUT2D eigenvalue weighted by Gasteiger charge is 2.36. The van der Waals surface area contributed by atoms with Gasteiger partial charge in [-0.25, -0.2) is 14.8 Å². The van der Waals surface area contributed by atoms with Crippen molar-refractivity contribution in [2.75, 3.05) is 13.1 Å². The lowest BCUT2D eigenvalue weighted by Gasteiger charge is -2.39. The van der Waals surface area contributed by atoms with E-state index >= 15 is 0 Å². The summed E-state index contributed by atoms with van der Waals surface area (Å²) < 4.78 is 11.3. The number of aliphatic hydroxyl groups excluding tert-OH is 1. The zero-order valence-electron chi connectivity index (χ0n) is 17.6. The highest BCUT2D eigenvalue weighted by atomic mass is 16.6. The lowest BCUT2D eigenvalue weighted by atomic mass is 10.1. The maximum atomic E-state index is 13.3. The van der Waals surface area contributed by atoms with E-state index in [1.54, 1.807) is 20.8 Å². The Kier molecular flexibility index (Phi) is 6.66. The largest absolute Gasteiger partial charge is 0.488 e. The summed E-state index contributed by atoms with van der Waals surface area (Å²) in [4.78, 5) is 26.0. The molecule has 1 atom stereocenters. The second-order valence-corrected chi connectivity index (χ2v) is 8.20. The summed E-state index contributed by atoms with van der Waals surface area (Å²) in [6, 6.07) is 9.48. The van der Waals surface area contributed by atoms with Crippen LogP contribution in [0.5, 0.6) is 0 Å². The molecule has 0 aromatic heterocycles. The molecular weight excluding hydrogens is 386 g/mol. The van der Waals surface area contributed by atoms with E-state index in [4.69, 9.17) is 9.47 Å². The van der Waals surface area contributed by atoms with Crippen LogP contribution in [-0.2, 0) is 20.9 Å². The van der Waals surface area contributed by atoms with Crippen LogP contribution in [0.4, 0.5) is 4.79 Å². The highest BCUT2D eigenvalue weighted by Crippen LogP contribution is 2.23. The zero-order chi connectivity index (χ0) is 21.7. The number of dihydropyridines is 1. The lowest BCUT2D eigenvalue weighted by molar-refractivity contribution is -0.147. The van der Waals surface area contributed by atoms with Crippen LogP contribution in [0, 0.1) is 0 Å². The van der Waals surface area contributed by atoms with Crippen LogP contribution in [0.15, 0.2) is 54.1 Å². The fraction of sp³-hybridized carbons (Fsp3) is 0.455. The summed E-state index contributed by atoms with van der Waals surface area (Å²) in [5.74, 6) is -0.326. The quantitative estimate of drug-likeness (QED) is 0.786. The summed E-state index contributed by atoms with van der Waals surface area (Å²) in [7, 11) is 0. The predicted molar refractivity (Wildman–Crippen MR) is 110 cm³/mol. The maximum absolute atomic E-state index is 13.3. The number of nitrogens with zero attached hydrogens (tertiary/aromatic N) is 2. The van der Waals surface area contributed by atoms with Crippen molar-refractivity contribution in [1.29, 1.82) is 0 Å². The van der Waals surface area contributed by atoms with Crippen molar-refractivity contribution < 1.29 is 24.2 Å². The number of ether oxygens (including phenoxy) is 2. The van der Waals surface area contributed by atoms with Gasteiger partial charge in [-0.1, -0.05) is 30.3 Å². The van der Waals surface area contributed by atoms with Crippen molar-refractivity contribution >= 4 is 12.0 Å². The first-order valence-electron chi connectivity index (χ1n) is 10.1. The molecule has 2 N–H and O–H groups in total. The monoisotopic (exact) mass is 415 g/mol. The van der Waals surface area contributed by atoms with Gasteiger partial charge in [0, 0.05) is 19.3 Å². The van der Waals surface area contributed by atoms with Crippen LogP contribution >= 0.6 is 0 Å². The minimum absolute atomic E-state index is 0.108. The number of benzene rings is 1. The third-order valence-electron chi connectivity index (χ3n) is 4.59. The second kappa shape index (κ2) is 9.21. The van der Waals surface area contributed by atoms with Crippen molar-refractivity contribution in [2.45, 2.75) is 51.9 Å². The first kappa shape index (κ1) is 21.7. The van der Waals surface area contributed by atoms with Gasteiger partial charge in [-0.05, 0) is 45.3 Å². The van der Waals surface area contributed by atoms with E-state index in [0.717, 1.165) is 18.4 Å². The molecule has 0 saturated carbocycles. The van der Waals surface area contributed by atoms with Crippen molar-refractivity contribution in [3.63, 3.8) is 0 Å². The van der Waals surface area contributed by atoms with Gasteiger partial charge in [0.05, 0.1) is 0 Å². The Bertz CT molecular complexity index is 829. The molecule has 1 aromatic rings. The molecule has 0 aliphatic carbocycles. The van der Waals surface area contributed by atoms with E-state index in [1.165, 1.54) is 22.3 Å². The summed E-state index contributed by atoms with van der Waals surface area (Å²) in [6.07, 6.45) is 2.89. The number of nitrogens with one attached hydrogen (secondary N) is 1. The van der Waals surface area contributed by atoms with Crippen LogP contribution in [0.1, 0.15) is 39.2 Å². The third kappa shape index (κ3) is 5.33. The van der Waals surface area contributed by atoms with E-state index in [1.807, 2.05) is 30.3 Å². The molecule has 1 aromatic carbocycles. The van der Waals surface area contributed by atoms with Gasteiger partial charge >= 0.3 is 6.09 Å². The molecule has 0 bridgehead atoms. The van der Waals surface area contributed by atoms with Gasteiger partial charge in [-0.3, -0.25) is 4.79 Å². The minimum atomic E-state index is -1.06. The summed E-state index contributed by atoms with van der Waals surface area (Å²) in [6.45, 7) is 6.30. The number of amides is 2. The average molecular weight is 415 g/mol. The van der Waals surface area contributed by atoms with Crippen molar-refractivity contribution in [2.24, 2.45) is 0 Å². The van der Waals surface area contributed by atoms with Crippen LogP contribution in [-0.4, -0.2) is 51.9 Å².